The standard InChI is InChI=1S/C23H22N4O3/c28-23(18-11-12-20(21(16-18)27(29)30)26-14-6-7-15-26)25-22(17-8-2-1-3-9-17)19-10-4-5-13-24-19/h1-5,8-13,16,22H,6-7,14-15H2,(H,25,28). The smallest absolute Gasteiger partial charge is 0.293 e. The lowest BCUT2D eigenvalue weighted by Gasteiger charge is -2.20. The summed E-state index contributed by atoms with van der Waals surface area (Å²) in [6.07, 6.45) is 3.71. The second kappa shape index (κ2) is 8.73. The first-order valence-corrected chi connectivity index (χ1v) is 9.93. The van der Waals surface area contributed by atoms with Gasteiger partial charge in [-0.05, 0) is 42.7 Å². The van der Waals surface area contributed by atoms with Crippen LogP contribution in [0.5, 0.6) is 0 Å². The summed E-state index contributed by atoms with van der Waals surface area (Å²) >= 11 is 0. The van der Waals surface area contributed by atoms with Crippen LogP contribution in [0.4, 0.5) is 11.4 Å². The van der Waals surface area contributed by atoms with E-state index >= 15 is 0 Å². The number of rotatable bonds is 6. The van der Waals surface area contributed by atoms with Crippen molar-refractivity contribution in [2.24, 2.45) is 0 Å². The van der Waals surface area contributed by atoms with Gasteiger partial charge in [-0.1, -0.05) is 36.4 Å². The summed E-state index contributed by atoms with van der Waals surface area (Å²) in [5, 5.41) is 14.6. The van der Waals surface area contributed by atoms with Crippen molar-refractivity contribution in [3.05, 3.63) is 99.9 Å². The number of carbonyl (C=O) groups is 1. The maximum absolute atomic E-state index is 13.0. The minimum Gasteiger partial charge on any atom is -0.366 e. The van der Waals surface area contributed by atoms with Crippen molar-refractivity contribution in [3.63, 3.8) is 0 Å². The number of hydrogen-bond acceptors (Lipinski definition) is 5. The maximum Gasteiger partial charge on any atom is 0.293 e. The van der Waals surface area contributed by atoms with E-state index in [1.54, 1.807) is 18.3 Å². The Balaban J connectivity index is 1.64. The molecule has 1 amide bonds. The lowest BCUT2D eigenvalue weighted by molar-refractivity contribution is -0.384. The van der Waals surface area contributed by atoms with Crippen LogP contribution < -0.4 is 10.2 Å². The van der Waals surface area contributed by atoms with E-state index in [2.05, 4.69) is 10.3 Å². The van der Waals surface area contributed by atoms with Gasteiger partial charge in [0, 0.05) is 30.9 Å². The molecule has 152 valence electrons. The molecule has 1 aliphatic heterocycles. The fourth-order valence-corrected chi connectivity index (χ4v) is 3.77. The first kappa shape index (κ1) is 19.6. The third-order valence-electron chi connectivity index (χ3n) is 5.27. The molecular weight excluding hydrogens is 380 g/mol. The Labute approximate surface area is 174 Å². The van der Waals surface area contributed by atoms with E-state index in [-0.39, 0.29) is 17.2 Å². The van der Waals surface area contributed by atoms with E-state index in [0.29, 0.717) is 11.4 Å². The van der Waals surface area contributed by atoms with Crippen molar-refractivity contribution in [3.8, 4) is 0 Å². The highest BCUT2D eigenvalue weighted by atomic mass is 16.6. The monoisotopic (exact) mass is 402 g/mol. The molecule has 1 atom stereocenters. The van der Waals surface area contributed by atoms with E-state index in [0.717, 1.165) is 31.5 Å². The quantitative estimate of drug-likeness (QED) is 0.495. The molecule has 0 aliphatic carbocycles. The molecule has 0 bridgehead atoms. The van der Waals surface area contributed by atoms with Gasteiger partial charge in [-0.2, -0.15) is 0 Å². The van der Waals surface area contributed by atoms with Crippen LogP contribution in [0.25, 0.3) is 0 Å². The molecule has 30 heavy (non-hydrogen) atoms. The van der Waals surface area contributed by atoms with Crippen LogP contribution in [0.3, 0.4) is 0 Å². The zero-order valence-corrected chi connectivity index (χ0v) is 16.4. The summed E-state index contributed by atoms with van der Waals surface area (Å²) in [5.74, 6) is -0.384. The maximum atomic E-state index is 13.0. The second-order valence-electron chi connectivity index (χ2n) is 7.23. The Morgan fingerprint density at radius 1 is 1.03 bits per heavy atom. The van der Waals surface area contributed by atoms with Gasteiger partial charge in [-0.3, -0.25) is 19.9 Å². The number of nitrogens with zero attached hydrogens (tertiary/aromatic N) is 3. The average molecular weight is 402 g/mol. The lowest BCUT2D eigenvalue weighted by Crippen LogP contribution is -2.30. The van der Waals surface area contributed by atoms with Crippen molar-refractivity contribution >= 4 is 17.3 Å². The van der Waals surface area contributed by atoms with Crippen molar-refractivity contribution in [1.29, 1.82) is 0 Å². The Hall–Kier alpha value is -3.74. The Morgan fingerprint density at radius 3 is 2.43 bits per heavy atom. The fraction of sp³-hybridized carbons (Fsp3) is 0.217. The van der Waals surface area contributed by atoms with E-state index in [9.17, 15) is 14.9 Å². The highest BCUT2D eigenvalue weighted by molar-refractivity contribution is 5.96. The largest absolute Gasteiger partial charge is 0.366 e. The topological polar surface area (TPSA) is 88.4 Å². The van der Waals surface area contributed by atoms with Gasteiger partial charge in [-0.25, -0.2) is 0 Å². The molecule has 7 heteroatoms. The Kier molecular flexibility index (Phi) is 5.70. The molecule has 0 spiro atoms. The average Bonchev–Trinajstić information content (AvgIpc) is 3.33. The van der Waals surface area contributed by atoms with Crippen LogP contribution >= 0.6 is 0 Å². The Morgan fingerprint density at radius 2 is 1.77 bits per heavy atom. The van der Waals surface area contributed by atoms with Crippen molar-refractivity contribution in [2.75, 3.05) is 18.0 Å². The molecule has 0 radical (unpaired) electrons. The second-order valence-corrected chi connectivity index (χ2v) is 7.23. The highest BCUT2D eigenvalue weighted by Crippen LogP contribution is 2.32. The van der Waals surface area contributed by atoms with E-state index < -0.39 is 11.0 Å². The molecule has 1 N–H and O–H groups in total. The number of nitrogens with one attached hydrogen (secondary N) is 1. The minimum absolute atomic E-state index is 0.0429. The predicted molar refractivity (Wildman–Crippen MR) is 115 cm³/mol. The summed E-state index contributed by atoms with van der Waals surface area (Å²) in [6.45, 7) is 1.59. The zero-order chi connectivity index (χ0) is 20.9. The van der Waals surface area contributed by atoms with Crippen molar-refractivity contribution in [2.45, 2.75) is 18.9 Å². The first-order valence-electron chi connectivity index (χ1n) is 9.93. The molecule has 1 aromatic heterocycles. The molecule has 2 heterocycles. The zero-order valence-electron chi connectivity index (χ0n) is 16.4. The van der Waals surface area contributed by atoms with Gasteiger partial charge in [-0.15, -0.1) is 0 Å². The van der Waals surface area contributed by atoms with E-state index in [4.69, 9.17) is 0 Å². The van der Waals surface area contributed by atoms with Crippen molar-refractivity contribution < 1.29 is 9.72 Å². The molecule has 1 saturated heterocycles. The molecule has 1 fully saturated rings. The van der Waals surface area contributed by atoms with Crippen LogP contribution in [-0.4, -0.2) is 28.9 Å². The number of carbonyl (C=O) groups excluding carboxylic acids is 1. The number of benzene rings is 2. The highest BCUT2D eigenvalue weighted by Gasteiger charge is 2.25. The summed E-state index contributed by atoms with van der Waals surface area (Å²) in [7, 11) is 0. The van der Waals surface area contributed by atoms with Crippen LogP contribution in [-0.2, 0) is 0 Å². The van der Waals surface area contributed by atoms with Crippen molar-refractivity contribution in [1.82, 2.24) is 10.3 Å². The van der Waals surface area contributed by atoms with E-state index in [1.165, 1.54) is 6.07 Å². The van der Waals surface area contributed by atoms with Gasteiger partial charge >= 0.3 is 0 Å². The third kappa shape index (κ3) is 4.15. The number of amides is 1. The summed E-state index contributed by atoms with van der Waals surface area (Å²) < 4.78 is 0. The number of nitro benzene ring substituents is 1. The molecule has 0 saturated carbocycles. The van der Waals surface area contributed by atoms with Gasteiger partial charge in [0.2, 0.25) is 0 Å². The third-order valence-corrected chi connectivity index (χ3v) is 5.27. The molecule has 2 aromatic carbocycles. The number of hydrogen-bond donors (Lipinski definition) is 1. The summed E-state index contributed by atoms with van der Waals surface area (Å²) in [4.78, 5) is 30.7. The van der Waals surface area contributed by atoms with Crippen LogP contribution in [0.2, 0.25) is 0 Å². The minimum atomic E-state index is -0.461. The van der Waals surface area contributed by atoms with Gasteiger partial charge < -0.3 is 10.2 Å². The Bertz CT molecular complexity index is 995. The van der Waals surface area contributed by atoms with Crippen LogP contribution in [0, 0.1) is 10.1 Å². The number of anilines is 1. The summed E-state index contributed by atoms with van der Waals surface area (Å²) in [5.41, 5.74) is 2.35. The molecule has 1 aliphatic rings. The molecule has 7 nitrogen and oxygen atoms in total. The SMILES string of the molecule is O=C(NC(c1ccccc1)c1ccccn1)c1ccc(N2CCCC2)c([N+](=O)[O-])c1. The summed E-state index contributed by atoms with van der Waals surface area (Å²) in [6, 6.07) is 19.3. The van der Waals surface area contributed by atoms with E-state index in [1.807, 2.05) is 53.4 Å². The van der Waals surface area contributed by atoms with Crippen LogP contribution in [0.15, 0.2) is 72.9 Å². The van der Waals surface area contributed by atoms with Crippen LogP contribution in [0.1, 0.15) is 40.5 Å². The lowest BCUT2D eigenvalue weighted by atomic mass is 10.0. The van der Waals surface area contributed by atoms with Gasteiger partial charge in [0.05, 0.1) is 16.7 Å². The number of aromatic nitrogens is 1. The normalized spacial score (nSPS) is 14.3. The molecule has 4 rings (SSSR count). The van der Waals surface area contributed by atoms with Gasteiger partial charge in [0.25, 0.3) is 11.6 Å². The fourth-order valence-electron chi connectivity index (χ4n) is 3.77. The first-order chi connectivity index (χ1) is 14.6. The van der Waals surface area contributed by atoms with Gasteiger partial charge in [0.1, 0.15) is 5.69 Å². The van der Waals surface area contributed by atoms with Gasteiger partial charge in [0.15, 0.2) is 0 Å². The number of pyridine rings is 1. The predicted octanol–water partition coefficient (Wildman–Crippen LogP) is 4.11. The molecule has 1 unspecified atom stereocenters. The molecular formula is C23H22N4O3. The molecule has 3 aromatic rings. The number of nitro groups is 1.